The number of hydrogen-bond acceptors (Lipinski definition) is 4. The van der Waals surface area contributed by atoms with Crippen LogP contribution in [0.1, 0.15) is 46.0 Å². The van der Waals surface area contributed by atoms with Crippen LogP contribution in [0, 0.1) is 0 Å². The van der Waals surface area contributed by atoms with Crippen LogP contribution in [-0.4, -0.2) is 43.3 Å². The molecule has 1 rings (SSSR count). The Kier molecular flexibility index (Phi) is 4.27. The van der Waals surface area contributed by atoms with Crippen molar-refractivity contribution in [3.63, 3.8) is 0 Å². The van der Waals surface area contributed by atoms with Gasteiger partial charge in [-0.15, -0.1) is 0 Å². The van der Waals surface area contributed by atoms with Crippen LogP contribution in [0.3, 0.4) is 0 Å². The highest BCUT2D eigenvalue weighted by molar-refractivity contribution is 7.91. The zero-order valence-corrected chi connectivity index (χ0v) is 12.0. The van der Waals surface area contributed by atoms with Crippen molar-refractivity contribution in [3.8, 4) is 0 Å². The first-order chi connectivity index (χ1) is 7.61. The molecule has 1 saturated carbocycles. The summed E-state index contributed by atoms with van der Waals surface area (Å²) in [6.45, 7) is 3.89. The molecule has 1 aliphatic rings. The van der Waals surface area contributed by atoms with E-state index in [-0.39, 0.29) is 5.60 Å². The van der Waals surface area contributed by atoms with Gasteiger partial charge in [-0.25, -0.2) is 8.42 Å². The van der Waals surface area contributed by atoms with E-state index in [1.54, 1.807) is 7.11 Å². The first-order valence-electron chi connectivity index (χ1n) is 6.07. The average molecular weight is 264 g/mol. The molecule has 0 saturated heterocycles. The van der Waals surface area contributed by atoms with Crippen LogP contribution in [0.4, 0.5) is 0 Å². The fraction of sp³-hybridized carbons (Fsp3) is 1.00. The molecule has 0 aromatic rings. The van der Waals surface area contributed by atoms with Gasteiger partial charge >= 0.3 is 0 Å². The predicted molar refractivity (Wildman–Crippen MR) is 67.8 cm³/mol. The van der Waals surface area contributed by atoms with Gasteiger partial charge in [0.15, 0.2) is 9.84 Å². The molecule has 0 aromatic heterocycles. The lowest BCUT2D eigenvalue weighted by molar-refractivity contribution is -0.0221. The van der Waals surface area contributed by atoms with Crippen molar-refractivity contribution in [1.82, 2.24) is 0 Å². The van der Waals surface area contributed by atoms with Gasteiger partial charge in [0.2, 0.25) is 0 Å². The summed E-state index contributed by atoms with van der Waals surface area (Å²) >= 11 is 0. The number of hydrogen-bond donors (Lipinski definition) is 1. The highest BCUT2D eigenvalue weighted by Gasteiger charge is 2.47. The molecule has 102 valence electrons. The van der Waals surface area contributed by atoms with Crippen LogP contribution in [0.2, 0.25) is 0 Å². The molecule has 5 heteroatoms. The summed E-state index contributed by atoms with van der Waals surface area (Å²) in [5.41, 5.74) is -1.39. The summed E-state index contributed by atoms with van der Waals surface area (Å²) in [5, 5.41) is 9.90. The number of ether oxygens (including phenoxy) is 1. The maximum absolute atomic E-state index is 11.7. The molecule has 2 unspecified atom stereocenters. The van der Waals surface area contributed by atoms with E-state index in [9.17, 15) is 13.5 Å². The highest BCUT2D eigenvalue weighted by Crippen LogP contribution is 2.39. The van der Waals surface area contributed by atoms with Crippen molar-refractivity contribution in [1.29, 1.82) is 0 Å². The number of methoxy groups -OCH3 is 1. The lowest BCUT2D eigenvalue weighted by atomic mass is 9.90. The minimum atomic E-state index is -3.18. The third kappa shape index (κ3) is 3.66. The van der Waals surface area contributed by atoms with E-state index >= 15 is 0 Å². The number of rotatable bonds is 5. The van der Waals surface area contributed by atoms with E-state index in [0.29, 0.717) is 25.7 Å². The Hall–Kier alpha value is -0.130. The van der Waals surface area contributed by atoms with Gasteiger partial charge in [-0.3, -0.25) is 0 Å². The molecule has 2 atom stereocenters. The summed E-state index contributed by atoms with van der Waals surface area (Å²) in [5.74, 6) is 0. The van der Waals surface area contributed by atoms with Crippen molar-refractivity contribution in [2.45, 2.75) is 62.4 Å². The van der Waals surface area contributed by atoms with Gasteiger partial charge in [0.25, 0.3) is 0 Å². The van der Waals surface area contributed by atoms with E-state index in [1.807, 2.05) is 13.8 Å². The molecule has 0 heterocycles. The molecule has 0 aromatic carbocycles. The van der Waals surface area contributed by atoms with E-state index in [4.69, 9.17) is 4.74 Å². The summed E-state index contributed by atoms with van der Waals surface area (Å²) in [7, 11) is -1.54. The maximum Gasteiger partial charge on any atom is 0.153 e. The molecule has 0 bridgehead atoms. The first kappa shape index (κ1) is 14.9. The summed E-state index contributed by atoms with van der Waals surface area (Å²) < 4.78 is 28.6. The Balaban J connectivity index is 2.74. The quantitative estimate of drug-likeness (QED) is 0.817. The molecule has 1 N–H and O–H groups in total. The molecule has 17 heavy (non-hydrogen) atoms. The van der Waals surface area contributed by atoms with Gasteiger partial charge in [0, 0.05) is 13.4 Å². The monoisotopic (exact) mass is 264 g/mol. The van der Waals surface area contributed by atoms with E-state index in [1.165, 1.54) is 6.26 Å². The Morgan fingerprint density at radius 1 is 1.47 bits per heavy atom. The average Bonchev–Trinajstić information content (AvgIpc) is 2.58. The van der Waals surface area contributed by atoms with Crippen LogP contribution in [0.15, 0.2) is 0 Å². The second kappa shape index (κ2) is 4.86. The largest absolute Gasteiger partial charge is 0.389 e. The van der Waals surface area contributed by atoms with Crippen LogP contribution in [0.5, 0.6) is 0 Å². The third-order valence-electron chi connectivity index (χ3n) is 3.90. The molecule has 1 fully saturated rings. The highest BCUT2D eigenvalue weighted by atomic mass is 32.2. The predicted octanol–water partition coefficient (Wildman–Crippen LogP) is 1.52. The van der Waals surface area contributed by atoms with Crippen molar-refractivity contribution in [2.75, 3.05) is 13.4 Å². The molecule has 4 nitrogen and oxygen atoms in total. The molecule has 0 aliphatic heterocycles. The topological polar surface area (TPSA) is 63.6 Å². The van der Waals surface area contributed by atoms with Gasteiger partial charge in [-0.2, -0.15) is 0 Å². The molecule has 0 radical (unpaired) electrons. The smallest absolute Gasteiger partial charge is 0.153 e. The van der Waals surface area contributed by atoms with Crippen LogP contribution >= 0.6 is 0 Å². The van der Waals surface area contributed by atoms with Gasteiger partial charge in [0.1, 0.15) is 0 Å². The first-order valence-corrected chi connectivity index (χ1v) is 8.03. The summed E-state index contributed by atoms with van der Waals surface area (Å²) in [6.07, 6.45) is 4.28. The minimum absolute atomic E-state index is 0.319. The third-order valence-corrected chi connectivity index (χ3v) is 5.61. The second-order valence-corrected chi connectivity index (χ2v) is 8.01. The summed E-state index contributed by atoms with van der Waals surface area (Å²) in [6, 6.07) is 0. The molecular weight excluding hydrogens is 240 g/mol. The van der Waals surface area contributed by atoms with Gasteiger partial charge < -0.3 is 9.84 Å². The second-order valence-electron chi connectivity index (χ2n) is 5.78. The lowest BCUT2D eigenvalue weighted by Gasteiger charge is -2.32. The fourth-order valence-corrected chi connectivity index (χ4v) is 4.17. The normalized spacial score (nSPS) is 30.8. The molecule has 0 spiro atoms. The van der Waals surface area contributed by atoms with Crippen molar-refractivity contribution < 1.29 is 18.3 Å². The number of sulfone groups is 1. The van der Waals surface area contributed by atoms with E-state index in [0.717, 1.165) is 6.42 Å². The maximum atomic E-state index is 11.7. The van der Waals surface area contributed by atoms with Crippen molar-refractivity contribution in [3.05, 3.63) is 0 Å². The van der Waals surface area contributed by atoms with Crippen LogP contribution in [0.25, 0.3) is 0 Å². The van der Waals surface area contributed by atoms with Crippen molar-refractivity contribution >= 4 is 9.84 Å². The zero-order valence-electron chi connectivity index (χ0n) is 11.2. The standard InChI is InChI=1S/C12H24O4S/c1-11(2,16-3)8-9-12(13)7-5-6-10(12)17(4,14)15/h10,13H,5-9H2,1-4H3. The van der Waals surface area contributed by atoms with Crippen LogP contribution in [-0.2, 0) is 14.6 Å². The van der Waals surface area contributed by atoms with E-state index in [2.05, 4.69) is 0 Å². The molecule has 0 amide bonds. The van der Waals surface area contributed by atoms with Gasteiger partial charge in [-0.05, 0) is 46.0 Å². The summed E-state index contributed by atoms with van der Waals surface area (Å²) in [4.78, 5) is 0. The Morgan fingerprint density at radius 2 is 2.06 bits per heavy atom. The molecular formula is C12H24O4S. The molecule has 1 aliphatic carbocycles. The Bertz CT molecular complexity index is 361. The zero-order chi connectivity index (χ0) is 13.3. The van der Waals surface area contributed by atoms with Gasteiger partial charge in [-0.1, -0.05) is 0 Å². The Labute approximate surface area is 104 Å². The van der Waals surface area contributed by atoms with E-state index < -0.39 is 20.7 Å². The SMILES string of the molecule is COC(C)(C)CCC1(O)CCCC1S(C)(=O)=O. The number of aliphatic hydroxyl groups is 1. The van der Waals surface area contributed by atoms with Gasteiger partial charge in [0.05, 0.1) is 16.5 Å². The lowest BCUT2D eigenvalue weighted by Crippen LogP contribution is -2.43. The fourth-order valence-electron chi connectivity index (χ4n) is 2.54. The van der Waals surface area contributed by atoms with Crippen LogP contribution < -0.4 is 0 Å². The Morgan fingerprint density at radius 3 is 2.53 bits per heavy atom. The minimum Gasteiger partial charge on any atom is -0.389 e. The van der Waals surface area contributed by atoms with Crippen molar-refractivity contribution in [2.24, 2.45) is 0 Å².